The Morgan fingerprint density at radius 2 is 1.75 bits per heavy atom. The first kappa shape index (κ1) is 12.4. The average Bonchev–Trinajstić information content (AvgIpc) is 2.30. The Kier molecular flexibility index (Phi) is 5.11. The molecule has 2 N–H and O–H groups in total. The molecule has 2 fully saturated rings. The summed E-state index contributed by atoms with van der Waals surface area (Å²) in [6.45, 7) is 7.40. The second kappa shape index (κ2) is 6.61. The molecule has 0 aromatic heterocycles. The monoisotopic (exact) mass is 224 g/mol. The fraction of sp³-hybridized carbons (Fsp3) is 1.00. The lowest BCUT2D eigenvalue weighted by atomic mass is 9.82. The van der Waals surface area contributed by atoms with Crippen LogP contribution in [0.2, 0.25) is 0 Å². The summed E-state index contributed by atoms with van der Waals surface area (Å²) in [5, 5.41) is 7.15. The Morgan fingerprint density at radius 1 is 1.00 bits per heavy atom. The molecule has 0 aromatic rings. The predicted octanol–water partition coefficient (Wildman–Crippen LogP) is 2.40. The lowest BCUT2D eigenvalue weighted by Gasteiger charge is -2.28. The minimum Gasteiger partial charge on any atom is -0.317 e. The molecule has 2 nitrogen and oxygen atoms in total. The SMILES string of the molecule is CC1CCCC(CNCC2CCNCC2)C1. The van der Waals surface area contributed by atoms with E-state index >= 15 is 0 Å². The van der Waals surface area contributed by atoms with Gasteiger partial charge in [0.1, 0.15) is 0 Å². The third kappa shape index (κ3) is 4.06. The Morgan fingerprint density at radius 3 is 2.50 bits per heavy atom. The molecule has 2 atom stereocenters. The third-order valence-electron chi connectivity index (χ3n) is 4.37. The highest BCUT2D eigenvalue weighted by Crippen LogP contribution is 2.27. The summed E-state index contributed by atoms with van der Waals surface area (Å²) < 4.78 is 0. The van der Waals surface area contributed by atoms with E-state index in [0.29, 0.717) is 0 Å². The maximum Gasteiger partial charge on any atom is -0.00195 e. The van der Waals surface area contributed by atoms with Crippen molar-refractivity contribution in [3.63, 3.8) is 0 Å². The van der Waals surface area contributed by atoms with E-state index in [1.54, 1.807) is 0 Å². The zero-order chi connectivity index (χ0) is 11.2. The zero-order valence-corrected chi connectivity index (χ0v) is 10.8. The van der Waals surface area contributed by atoms with Crippen LogP contribution in [0.3, 0.4) is 0 Å². The molecule has 2 rings (SSSR count). The summed E-state index contributed by atoms with van der Waals surface area (Å²) in [5.74, 6) is 2.87. The molecular formula is C14H28N2. The molecule has 0 spiro atoms. The van der Waals surface area contributed by atoms with Gasteiger partial charge in [-0.25, -0.2) is 0 Å². The topological polar surface area (TPSA) is 24.1 Å². The molecule has 2 unspecified atom stereocenters. The summed E-state index contributed by atoms with van der Waals surface area (Å²) in [6, 6.07) is 0. The largest absolute Gasteiger partial charge is 0.317 e. The van der Waals surface area contributed by atoms with Crippen molar-refractivity contribution in [1.29, 1.82) is 0 Å². The van der Waals surface area contributed by atoms with Crippen LogP contribution in [-0.4, -0.2) is 26.2 Å². The standard InChI is InChI=1S/C14H28N2/c1-12-3-2-4-14(9-12)11-16-10-13-5-7-15-8-6-13/h12-16H,2-11H2,1H3. The zero-order valence-electron chi connectivity index (χ0n) is 10.8. The number of nitrogens with one attached hydrogen (secondary N) is 2. The van der Waals surface area contributed by atoms with E-state index in [0.717, 1.165) is 17.8 Å². The van der Waals surface area contributed by atoms with Crippen LogP contribution in [0.5, 0.6) is 0 Å². The lowest BCUT2D eigenvalue weighted by Crippen LogP contribution is -2.35. The van der Waals surface area contributed by atoms with Gasteiger partial charge in [-0.05, 0) is 69.6 Å². The van der Waals surface area contributed by atoms with Crippen LogP contribution < -0.4 is 10.6 Å². The van der Waals surface area contributed by atoms with Crippen LogP contribution in [-0.2, 0) is 0 Å². The van der Waals surface area contributed by atoms with Crippen LogP contribution >= 0.6 is 0 Å². The Balaban J connectivity index is 1.56. The van der Waals surface area contributed by atoms with Gasteiger partial charge < -0.3 is 10.6 Å². The van der Waals surface area contributed by atoms with Crippen molar-refractivity contribution in [1.82, 2.24) is 10.6 Å². The molecule has 94 valence electrons. The van der Waals surface area contributed by atoms with Gasteiger partial charge in [0.05, 0.1) is 0 Å². The van der Waals surface area contributed by atoms with E-state index in [4.69, 9.17) is 0 Å². The van der Waals surface area contributed by atoms with Crippen LogP contribution in [0.4, 0.5) is 0 Å². The van der Waals surface area contributed by atoms with E-state index < -0.39 is 0 Å². The first-order valence-electron chi connectivity index (χ1n) is 7.26. The fourth-order valence-electron chi connectivity index (χ4n) is 3.32. The summed E-state index contributed by atoms with van der Waals surface area (Å²) in [7, 11) is 0. The van der Waals surface area contributed by atoms with Crippen molar-refractivity contribution in [2.24, 2.45) is 17.8 Å². The Hall–Kier alpha value is -0.0800. The molecule has 2 heteroatoms. The Bertz CT molecular complexity index is 187. The number of hydrogen-bond acceptors (Lipinski definition) is 2. The van der Waals surface area contributed by atoms with Crippen LogP contribution in [0.25, 0.3) is 0 Å². The third-order valence-corrected chi connectivity index (χ3v) is 4.37. The molecule has 0 amide bonds. The van der Waals surface area contributed by atoms with Crippen LogP contribution in [0, 0.1) is 17.8 Å². The summed E-state index contributed by atoms with van der Waals surface area (Å²) >= 11 is 0. The minimum absolute atomic E-state index is 0.933. The van der Waals surface area contributed by atoms with Gasteiger partial charge in [0, 0.05) is 0 Å². The maximum absolute atomic E-state index is 3.72. The number of piperidine rings is 1. The van der Waals surface area contributed by atoms with E-state index in [1.165, 1.54) is 64.7 Å². The van der Waals surface area contributed by atoms with Crippen molar-refractivity contribution < 1.29 is 0 Å². The average molecular weight is 224 g/mol. The highest BCUT2D eigenvalue weighted by atomic mass is 14.9. The van der Waals surface area contributed by atoms with E-state index in [2.05, 4.69) is 17.6 Å². The van der Waals surface area contributed by atoms with Gasteiger partial charge in [0.15, 0.2) is 0 Å². The molecule has 2 aliphatic rings. The van der Waals surface area contributed by atoms with Crippen molar-refractivity contribution in [2.75, 3.05) is 26.2 Å². The summed E-state index contributed by atoms with van der Waals surface area (Å²) in [6.07, 6.45) is 8.58. The second-order valence-electron chi connectivity index (χ2n) is 5.99. The van der Waals surface area contributed by atoms with Gasteiger partial charge in [-0.3, -0.25) is 0 Å². The van der Waals surface area contributed by atoms with Crippen molar-refractivity contribution >= 4 is 0 Å². The highest BCUT2D eigenvalue weighted by molar-refractivity contribution is 4.74. The van der Waals surface area contributed by atoms with Gasteiger partial charge in [-0.2, -0.15) is 0 Å². The molecule has 1 aliphatic heterocycles. The number of hydrogen-bond donors (Lipinski definition) is 2. The van der Waals surface area contributed by atoms with E-state index in [-0.39, 0.29) is 0 Å². The molecule has 1 aliphatic carbocycles. The molecular weight excluding hydrogens is 196 g/mol. The molecule has 0 bridgehead atoms. The number of rotatable bonds is 4. The molecule has 1 saturated heterocycles. The maximum atomic E-state index is 3.72. The van der Waals surface area contributed by atoms with Gasteiger partial charge in [0.25, 0.3) is 0 Å². The van der Waals surface area contributed by atoms with E-state index in [1.807, 2.05) is 0 Å². The second-order valence-corrected chi connectivity index (χ2v) is 5.99. The quantitative estimate of drug-likeness (QED) is 0.766. The summed E-state index contributed by atoms with van der Waals surface area (Å²) in [5.41, 5.74) is 0. The smallest absolute Gasteiger partial charge is 0.00195 e. The lowest BCUT2D eigenvalue weighted by molar-refractivity contribution is 0.264. The van der Waals surface area contributed by atoms with Gasteiger partial charge in [0.2, 0.25) is 0 Å². The molecule has 1 saturated carbocycles. The van der Waals surface area contributed by atoms with Crippen LogP contribution in [0.1, 0.15) is 45.4 Å². The highest BCUT2D eigenvalue weighted by Gasteiger charge is 2.19. The molecule has 0 radical (unpaired) electrons. The predicted molar refractivity (Wildman–Crippen MR) is 69.6 cm³/mol. The molecule has 1 heterocycles. The van der Waals surface area contributed by atoms with Gasteiger partial charge in [-0.15, -0.1) is 0 Å². The van der Waals surface area contributed by atoms with Crippen molar-refractivity contribution in [3.8, 4) is 0 Å². The van der Waals surface area contributed by atoms with Crippen LogP contribution in [0.15, 0.2) is 0 Å². The first-order chi connectivity index (χ1) is 7.84. The van der Waals surface area contributed by atoms with Gasteiger partial charge in [-0.1, -0.05) is 19.8 Å². The molecule has 16 heavy (non-hydrogen) atoms. The minimum atomic E-state index is 0.933. The van der Waals surface area contributed by atoms with Gasteiger partial charge >= 0.3 is 0 Å². The molecule has 0 aromatic carbocycles. The first-order valence-corrected chi connectivity index (χ1v) is 7.26. The van der Waals surface area contributed by atoms with Crippen molar-refractivity contribution in [3.05, 3.63) is 0 Å². The fourth-order valence-corrected chi connectivity index (χ4v) is 3.32. The summed E-state index contributed by atoms with van der Waals surface area (Å²) in [4.78, 5) is 0. The van der Waals surface area contributed by atoms with E-state index in [9.17, 15) is 0 Å². The van der Waals surface area contributed by atoms with Crippen molar-refractivity contribution in [2.45, 2.75) is 45.4 Å². The Labute approximate surface area is 101 Å². The normalized spacial score (nSPS) is 32.8.